The quantitative estimate of drug-likeness (QED) is 0.620. The summed E-state index contributed by atoms with van der Waals surface area (Å²) in [7, 11) is 0. The van der Waals surface area contributed by atoms with Crippen LogP contribution in [-0.4, -0.2) is 17.2 Å². The van der Waals surface area contributed by atoms with E-state index in [1.165, 1.54) is 0 Å². The summed E-state index contributed by atoms with van der Waals surface area (Å²) in [5.41, 5.74) is 2.11. The number of benzene rings is 1. The number of carbonyl (C=O) groups is 2. The van der Waals surface area contributed by atoms with Crippen molar-refractivity contribution in [3.63, 3.8) is 0 Å². The number of Topliss-reactive ketones (excluding diaryl/α,β-unsaturated/α-hetero) is 1. The van der Waals surface area contributed by atoms with E-state index in [1.54, 1.807) is 13.8 Å². The van der Waals surface area contributed by atoms with Crippen molar-refractivity contribution in [1.29, 1.82) is 0 Å². The van der Waals surface area contributed by atoms with E-state index in [1.807, 2.05) is 26.0 Å². The molecule has 0 aromatic heterocycles. The highest BCUT2D eigenvalue weighted by atomic mass is 127. The maximum atomic E-state index is 12.3. The van der Waals surface area contributed by atoms with Crippen LogP contribution in [0.4, 0.5) is 0 Å². The standard InChI is InChI=1S/C14H16INO2/c1-7-5-9(15)6-8(2)10(7)11-12(17)14(3,4)16-13(11)18/h5-6,11H,1-4H3,(H,16,18). The average Bonchev–Trinajstić information content (AvgIpc) is 2.38. The molecule has 1 aromatic carbocycles. The molecule has 1 aliphatic rings. The molecule has 1 N–H and O–H groups in total. The molecule has 1 atom stereocenters. The molecule has 0 radical (unpaired) electrons. The molecule has 0 spiro atoms. The van der Waals surface area contributed by atoms with Crippen molar-refractivity contribution in [1.82, 2.24) is 5.32 Å². The molecule has 1 unspecified atom stereocenters. The molecule has 1 fully saturated rings. The Morgan fingerprint density at radius 1 is 1.17 bits per heavy atom. The van der Waals surface area contributed by atoms with Crippen molar-refractivity contribution in [2.24, 2.45) is 0 Å². The third-order valence-corrected chi connectivity index (χ3v) is 4.05. The Hall–Kier alpha value is -0.910. The number of amides is 1. The summed E-state index contributed by atoms with van der Waals surface area (Å²) in [5, 5.41) is 2.77. The van der Waals surface area contributed by atoms with Gasteiger partial charge in [-0.25, -0.2) is 0 Å². The van der Waals surface area contributed by atoms with Crippen LogP contribution in [-0.2, 0) is 9.59 Å². The van der Waals surface area contributed by atoms with Crippen LogP contribution in [0.1, 0.15) is 36.5 Å². The number of nitrogens with one attached hydrogen (secondary N) is 1. The molecule has 4 heteroatoms. The van der Waals surface area contributed by atoms with Crippen LogP contribution in [0.5, 0.6) is 0 Å². The van der Waals surface area contributed by atoms with Gasteiger partial charge in [0.2, 0.25) is 5.91 Å². The molecule has 0 saturated carbocycles. The summed E-state index contributed by atoms with van der Waals surface area (Å²) in [6.07, 6.45) is 0. The summed E-state index contributed by atoms with van der Waals surface area (Å²) in [4.78, 5) is 24.4. The second-order valence-electron chi connectivity index (χ2n) is 5.36. The molecule has 0 bridgehead atoms. The van der Waals surface area contributed by atoms with E-state index in [0.717, 1.165) is 20.3 Å². The highest BCUT2D eigenvalue weighted by molar-refractivity contribution is 14.1. The van der Waals surface area contributed by atoms with Crippen LogP contribution in [0.25, 0.3) is 0 Å². The first-order valence-electron chi connectivity index (χ1n) is 5.87. The predicted molar refractivity (Wildman–Crippen MR) is 78.6 cm³/mol. The van der Waals surface area contributed by atoms with Gasteiger partial charge in [0.25, 0.3) is 0 Å². The van der Waals surface area contributed by atoms with Gasteiger partial charge in [-0.05, 0) is 79.1 Å². The molecule has 3 nitrogen and oxygen atoms in total. The van der Waals surface area contributed by atoms with Gasteiger partial charge in [-0.2, -0.15) is 0 Å². The number of rotatable bonds is 1. The Kier molecular flexibility index (Phi) is 3.25. The third kappa shape index (κ3) is 2.06. The minimum absolute atomic E-state index is 0.0418. The van der Waals surface area contributed by atoms with Gasteiger partial charge in [-0.15, -0.1) is 0 Å². The third-order valence-electron chi connectivity index (χ3n) is 3.42. The van der Waals surface area contributed by atoms with Crippen LogP contribution in [0.3, 0.4) is 0 Å². The van der Waals surface area contributed by atoms with E-state index < -0.39 is 11.5 Å². The first-order valence-corrected chi connectivity index (χ1v) is 6.95. The Labute approximate surface area is 120 Å². The smallest absolute Gasteiger partial charge is 0.235 e. The van der Waals surface area contributed by atoms with Crippen molar-refractivity contribution < 1.29 is 9.59 Å². The number of halogens is 1. The second-order valence-corrected chi connectivity index (χ2v) is 6.61. The van der Waals surface area contributed by atoms with E-state index >= 15 is 0 Å². The van der Waals surface area contributed by atoms with Crippen molar-refractivity contribution >= 4 is 34.3 Å². The van der Waals surface area contributed by atoms with Crippen molar-refractivity contribution in [3.05, 3.63) is 32.4 Å². The number of aryl methyl sites for hydroxylation is 2. The minimum atomic E-state index is -0.760. The molecule has 1 aliphatic heterocycles. The lowest BCUT2D eigenvalue weighted by Gasteiger charge is -2.17. The highest BCUT2D eigenvalue weighted by Gasteiger charge is 2.47. The SMILES string of the molecule is Cc1cc(I)cc(C)c1C1C(=O)NC(C)(C)C1=O. The zero-order chi connectivity index (χ0) is 13.7. The average molecular weight is 357 g/mol. The van der Waals surface area contributed by atoms with E-state index in [2.05, 4.69) is 27.9 Å². The lowest BCUT2D eigenvalue weighted by atomic mass is 9.85. The van der Waals surface area contributed by atoms with Crippen LogP contribution < -0.4 is 5.32 Å². The molecule has 1 heterocycles. The minimum Gasteiger partial charge on any atom is -0.343 e. The van der Waals surface area contributed by atoms with Gasteiger partial charge in [0.1, 0.15) is 5.92 Å². The molecule has 1 saturated heterocycles. The van der Waals surface area contributed by atoms with Crippen LogP contribution in [0, 0.1) is 17.4 Å². The summed E-state index contributed by atoms with van der Waals surface area (Å²) < 4.78 is 1.12. The van der Waals surface area contributed by atoms with E-state index in [9.17, 15) is 9.59 Å². The Balaban J connectivity index is 2.57. The molecule has 2 rings (SSSR count). The number of hydrogen-bond acceptors (Lipinski definition) is 2. The molecule has 1 aromatic rings. The monoisotopic (exact) mass is 357 g/mol. The lowest BCUT2D eigenvalue weighted by Crippen LogP contribution is -2.39. The van der Waals surface area contributed by atoms with Gasteiger partial charge in [0, 0.05) is 3.57 Å². The van der Waals surface area contributed by atoms with E-state index in [4.69, 9.17) is 0 Å². The fourth-order valence-electron chi connectivity index (χ4n) is 2.56. The zero-order valence-electron chi connectivity index (χ0n) is 10.9. The van der Waals surface area contributed by atoms with Gasteiger partial charge in [-0.1, -0.05) is 0 Å². The topological polar surface area (TPSA) is 46.2 Å². The molecular weight excluding hydrogens is 341 g/mol. The zero-order valence-corrected chi connectivity index (χ0v) is 13.1. The van der Waals surface area contributed by atoms with Gasteiger partial charge in [0.15, 0.2) is 5.78 Å². The lowest BCUT2D eigenvalue weighted by molar-refractivity contribution is -0.125. The van der Waals surface area contributed by atoms with Gasteiger partial charge in [0.05, 0.1) is 5.54 Å². The van der Waals surface area contributed by atoms with Gasteiger partial charge < -0.3 is 5.32 Å². The number of carbonyl (C=O) groups excluding carboxylic acids is 2. The van der Waals surface area contributed by atoms with Crippen LogP contribution in [0.15, 0.2) is 12.1 Å². The fourth-order valence-corrected chi connectivity index (χ4v) is 3.50. The highest BCUT2D eigenvalue weighted by Crippen LogP contribution is 2.33. The Bertz CT molecular complexity index is 526. The number of ketones is 1. The first-order chi connectivity index (χ1) is 8.24. The Morgan fingerprint density at radius 2 is 1.67 bits per heavy atom. The maximum Gasteiger partial charge on any atom is 0.235 e. The first kappa shape index (κ1) is 13.5. The molecular formula is C14H16INO2. The van der Waals surface area contributed by atoms with Crippen molar-refractivity contribution in [2.45, 2.75) is 39.2 Å². The fraction of sp³-hybridized carbons (Fsp3) is 0.429. The maximum absolute atomic E-state index is 12.3. The van der Waals surface area contributed by atoms with Crippen molar-refractivity contribution in [2.75, 3.05) is 0 Å². The van der Waals surface area contributed by atoms with E-state index in [-0.39, 0.29) is 11.7 Å². The summed E-state index contributed by atoms with van der Waals surface area (Å²) in [6, 6.07) is 4.02. The molecule has 0 aliphatic carbocycles. The summed E-state index contributed by atoms with van der Waals surface area (Å²) >= 11 is 2.24. The summed E-state index contributed by atoms with van der Waals surface area (Å²) in [6.45, 7) is 7.42. The molecule has 96 valence electrons. The van der Waals surface area contributed by atoms with Crippen LogP contribution >= 0.6 is 22.6 Å². The Morgan fingerprint density at radius 3 is 2.06 bits per heavy atom. The molecule has 18 heavy (non-hydrogen) atoms. The van der Waals surface area contributed by atoms with Gasteiger partial charge >= 0.3 is 0 Å². The second kappa shape index (κ2) is 4.33. The molecule has 1 amide bonds. The largest absolute Gasteiger partial charge is 0.343 e. The van der Waals surface area contributed by atoms with E-state index in [0.29, 0.717) is 0 Å². The van der Waals surface area contributed by atoms with Gasteiger partial charge in [-0.3, -0.25) is 9.59 Å². The normalized spacial score (nSPS) is 22.2. The number of hydrogen-bond donors (Lipinski definition) is 1. The van der Waals surface area contributed by atoms with Crippen molar-refractivity contribution in [3.8, 4) is 0 Å². The van der Waals surface area contributed by atoms with Crippen LogP contribution in [0.2, 0.25) is 0 Å². The summed E-state index contributed by atoms with van der Waals surface area (Å²) in [5.74, 6) is -0.880. The predicted octanol–water partition coefficient (Wildman–Crippen LogP) is 2.47.